The molecule has 0 amide bonds. The van der Waals surface area contributed by atoms with Crippen LogP contribution in [0.3, 0.4) is 0 Å². The number of nitrogens with two attached hydrogens (primary N) is 1. The fourth-order valence-corrected chi connectivity index (χ4v) is 6.62. The van der Waals surface area contributed by atoms with Crippen LogP contribution in [-0.4, -0.2) is 16.9 Å². The Hall–Kier alpha value is -0.800. The van der Waals surface area contributed by atoms with Gasteiger partial charge in [0.1, 0.15) is 5.15 Å². The molecule has 3 N–H and O–H groups in total. The zero-order valence-corrected chi connectivity index (χ0v) is 18.1. The number of alkyl halides is 2. The van der Waals surface area contributed by atoms with E-state index in [1.165, 1.54) is 4.88 Å². The summed E-state index contributed by atoms with van der Waals surface area (Å²) in [5.41, 5.74) is 7.76. The molecule has 9 heteroatoms. The Labute approximate surface area is 177 Å². The van der Waals surface area contributed by atoms with Crippen LogP contribution in [0.5, 0.6) is 0 Å². The maximum Gasteiger partial charge on any atom is 0.249 e. The normalized spacial score (nSPS) is 22.3. The van der Waals surface area contributed by atoms with Crippen molar-refractivity contribution in [3.8, 4) is 0 Å². The molecule has 0 saturated heterocycles. The first-order chi connectivity index (χ1) is 12.8. The van der Waals surface area contributed by atoms with E-state index in [2.05, 4.69) is 32.3 Å². The second kappa shape index (κ2) is 7.55. The molecule has 0 aliphatic heterocycles. The number of hydrogen-bond acceptors (Lipinski definition) is 5. The highest BCUT2D eigenvalue weighted by atomic mass is 79.9. The number of nitrogens with zero attached hydrogens (tertiary/aromatic N) is 1. The summed E-state index contributed by atoms with van der Waals surface area (Å²) < 4.78 is 29.1. The minimum Gasteiger partial charge on any atom is -0.379 e. The van der Waals surface area contributed by atoms with Crippen molar-refractivity contribution in [3.05, 3.63) is 43.0 Å². The van der Waals surface area contributed by atoms with Crippen LogP contribution in [0.4, 0.5) is 14.5 Å². The van der Waals surface area contributed by atoms with Crippen molar-refractivity contribution in [1.82, 2.24) is 4.98 Å². The lowest BCUT2D eigenvalue weighted by molar-refractivity contribution is -0.0444. The number of thiophene rings is 2. The molecule has 3 aromatic heterocycles. The minimum atomic E-state index is -2.67. The Kier molecular flexibility index (Phi) is 5.46. The van der Waals surface area contributed by atoms with E-state index in [0.717, 1.165) is 25.3 Å². The van der Waals surface area contributed by atoms with Crippen LogP contribution < -0.4 is 11.1 Å². The van der Waals surface area contributed by atoms with Gasteiger partial charge in [0.2, 0.25) is 5.92 Å². The van der Waals surface area contributed by atoms with Gasteiger partial charge in [-0.15, -0.1) is 22.7 Å². The lowest BCUT2D eigenvalue weighted by Crippen LogP contribution is -2.40. The van der Waals surface area contributed by atoms with Crippen LogP contribution in [0.2, 0.25) is 5.15 Å². The first-order valence-corrected chi connectivity index (χ1v) is 11.4. The number of aromatic nitrogens is 1. The van der Waals surface area contributed by atoms with Crippen molar-refractivity contribution in [1.29, 1.82) is 0 Å². The molecule has 0 bridgehead atoms. The van der Waals surface area contributed by atoms with Crippen LogP contribution in [0, 0.1) is 0 Å². The van der Waals surface area contributed by atoms with Crippen LogP contribution >= 0.6 is 50.2 Å². The van der Waals surface area contributed by atoms with Crippen molar-refractivity contribution in [3.63, 3.8) is 0 Å². The molecular formula is C18H17BrClF2N3S2. The Bertz CT molecular complexity index is 961. The Balaban J connectivity index is 1.69. The second-order valence-corrected chi connectivity index (χ2v) is 10.0. The summed E-state index contributed by atoms with van der Waals surface area (Å²) >= 11 is 13.1. The average Bonchev–Trinajstić information content (AvgIpc) is 3.21. The zero-order chi connectivity index (χ0) is 19.2. The minimum absolute atomic E-state index is 0.109. The predicted octanol–water partition coefficient (Wildman–Crippen LogP) is 6.62. The van der Waals surface area contributed by atoms with Gasteiger partial charge in [0.15, 0.2) is 0 Å². The lowest BCUT2D eigenvalue weighted by Gasteiger charge is -2.33. The molecule has 27 heavy (non-hydrogen) atoms. The molecule has 1 aliphatic carbocycles. The zero-order valence-electron chi connectivity index (χ0n) is 14.1. The summed E-state index contributed by atoms with van der Waals surface area (Å²) in [7, 11) is 0. The standard InChI is InChI=1S/C18H17BrClF2N3S2/c19-14-15-17(27-16(14)10-3-4-18(21,22)7-11(10)23)12(6-13(20)25-15)24-8-9-2-1-5-26-9/h1-2,5-6,10-11H,3-4,7-8,23H2,(H,24,25)/t10-,11+/m0/s1. The molecule has 0 spiro atoms. The third kappa shape index (κ3) is 4.00. The predicted molar refractivity (Wildman–Crippen MR) is 113 cm³/mol. The lowest BCUT2D eigenvalue weighted by atomic mass is 9.82. The summed E-state index contributed by atoms with van der Waals surface area (Å²) in [6, 6.07) is 5.31. The van der Waals surface area contributed by atoms with Crippen molar-refractivity contribution in [2.45, 2.75) is 43.7 Å². The topological polar surface area (TPSA) is 50.9 Å². The van der Waals surface area contributed by atoms with Gasteiger partial charge >= 0.3 is 0 Å². The molecule has 0 aromatic carbocycles. The maximum atomic E-state index is 13.7. The molecule has 0 radical (unpaired) electrons. The Morgan fingerprint density at radius 1 is 1.44 bits per heavy atom. The molecule has 1 fully saturated rings. The summed E-state index contributed by atoms with van der Waals surface area (Å²) in [5.74, 6) is -2.78. The number of fused-ring (bicyclic) bond motifs is 1. The summed E-state index contributed by atoms with van der Waals surface area (Å²) in [5, 5.41) is 5.85. The smallest absolute Gasteiger partial charge is 0.249 e. The average molecular weight is 493 g/mol. The van der Waals surface area contributed by atoms with Crippen molar-refractivity contribution in [2.75, 3.05) is 5.32 Å². The fraction of sp³-hybridized carbons (Fsp3) is 0.389. The molecule has 1 saturated carbocycles. The van der Waals surface area contributed by atoms with Gasteiger partial charge in [-0.1, -0.05) is 17.7 Å². The first kappa shape index (κ1) is 19.5. The van der Waals surface area contributed by atoms with Gasteiger partial charge in [0.25, 0.3) is 0 Å². The van der Waals surface area contributed by atoms with Crippen LogP contribution in [0.15, 0.2) is 28.1 Å². The number of hydrogen-bond donors (Lipinski definition) is 2. The van der Waals surface area contributed by atoms with Gasteiger partial charge < -0.3 is 11.1 Å². The van der Waals surface area contributed by atoms with E-state index < -0.39 is 12.0 Å². The quantitative estimate of drug-likeness (QED) is 0.403. The fourth-order valence-electron chi connectivity index (χ4n) is 3.49. The number of anilines is 1. The number of pyridine rings is 1. The molecule has 144 valence electrons. The number of rotatable bonds is 4. The van der Waals surface area contributed by atoms with Gasteiger partial charge in [-0.2, -0.15) is 0 Å². The van der Waals surface area contributed by atoms with E-state index in [1.54, 1.807) is 28.7 Å². The van der Waals surface area contributed by atoms with E-state index in [1.807, 2.05) is 11.4 Å². The van der Waals surface area contributed by atoms with Gasteiger partial charge in [0, 0.05) is 47.2 Å². The largest absolute Gasteiger partial charge is 0.379 e. The van der Waals surface area contributed by atoms with Crippen molar-refractivity contribution in [2.24, 2.45) is 5.73 Å². The summed E-state index contributed by atoms with van der Waals surface area (Å²) in [4.78, 5) is 6.64. The summed E-state index contributed by atoms with van der Waals surface area (Å²) in [6.07, 6.45) is -0.0506. The molecule has 3 nitrogen and oxygen atoms in total. The van der Waals surface area contributed by atoms with E-state index in [4.69, 9.17) is 17.3 Å². The molecule has 0 unspecified atom stereocenters. The van der Waals surface area contributed by atoms with Gasteiger partial charge in [-0.3, -0.25) is 0 Å². The SMILES string of the molecule is N[C@@H]1CC(F)(F)CC[C@@H]1c1sc2c(NCc3cccs3)cc(Cl)nc2c1Br. The molecule has 3 heterocycles. The van der Waals surface area contributed by atoms with Gasteiger partial charge in [-0.05, 0) is 33.8 Å². The van der Waals surface area contributed by atoms with Gasteiger partial charge in [0.05, 0.1) is 20.4 Å². The Morgan fingerprint density at radius 3 is 2.96 bits per heavy atom. The third-order valence-corrected chi connectivity index (χ3v) is 8.30. The molecule has 4 rings (SSSR count). The van der Waals surface area contributed by atoms with Crippen molar-refractivity contribution >= 4 is 66.1 Å². The van der Waals surface area contributed by atoms with E-state index in [-0.39, 0.29) is 18.8 Å². The molecule has 1 aliphatic rings. The third-order valence-electron chi connectivity index (χ3n) is 4.82. The summed E-state index contributed by atoms with van der Waals surface area (Å²) in [6.45, 7) is 0.688. The van der Waals surface area contributed by atoms with Crippen LogP contribution in [0.25, 0.3) is 10.2 Å². The number of nitrogens with one attached hydrogen (secondary N) is 1. The first-order valence-electron chi connectivity index (χ1n) is 8.52. The Morgan fingerprint density at radius 2 is 2.26 bits per heavy atom. The highest BCUT2D eigenvalue weighted by molar-refractivity contribution is 9.10. The number of halogens is 4. The highest BCUT2D eigenvalue weighted by Gasteiger charge is 2.41. The van der Waals surface area contributed by atoms with E-state index >= 15 is 0 Å². The van der Waals surface area contributed by atoms with E-state index in [0.29, 0.717) is 18.1 Å². The molecule has 3 aromatic rings. The second-order valence-electron chi connectivity index (χ2n) is 6.75. The van der Waals surface area contributed by atoms with Crippen molar-refractivity contribution < 1.29 is 8.78 Å². The molecule has 2 atom stereocenters. The van der Waals surface area contributed by atoms with E-state index in [9.17, 15) is 8.78 Å². The highest BCUT2D eigenvalue weighted by Crippen LogP contribution is 2.48. The van der Waals surface area contributed by atoms with Crippen LogP contribution in [0.1, 0.15) is 34.9 Å². The maximum absolute atomic E-state index is 13.7. The van der Waals surface area contributed by atoms with Crippen LogP contribution in [-0.2, 0) is 6.54 Å². The monoisotopic (exact) mass is 491 g/mol. The molecular weight excluding hydrogens is 476 g/mol. The van der Waals surface area contributed by atoms with Gasteiger partial charge in [-0.25, -0.2) is 13.8 Å².